The van der Waals surface area contributed by atoms with Crippen LogP contribution in [-0.4, -0.2) is 35.6 Å². The molecule has 0 saturated carbocycles. The number of nitrogens with one attached hydrogen (secondary N) is 1. The molecule has 144 valence electrons. The Morgan fingerprint density at radius 1 is 1.35 bits per heavy atom. The van der Waals surface area contributed by atoms with Gasteiger partial charge >= 0.3 is 0 Å². The van der Waals surface area contributed by atoms with E-state index in [1.54, 1.807) is 18.2 Å². The average Bonchev–Trinajstić information content (AvgIpc) is 2.62. The van der Waals surface area contributed by atoms with Crippen molar-refractivity contribution in [2.75, 3.05) is 18.5 Å². The molecule has 0 unspecified atom stereocenters. The molecule has 26 heavy (non-hydrogen) atoms. The topological polar surface area (TPSA) is 88.0 Å². The van der Waals surface area contributed by atoms with E-state index >= 15 is 0 Å². The van der Waals surface area contributed by atoms with Crippen LogP contribution in [0.15, 0.2) is 36.1 Å². The summed E-state index contributed by atoms with van der Waals surface area (Å²) < 4.78 is 11.6. The highest BCUT2D eigenvalue weighted by molar-refractivity contribution is 6.03. The summed E-state index contributed by atoms with van der Waals surface area (Å²) in [4.78, 5) is 12.6. The number of rotatable bonds is 8. The Morgan fingerprint density at radius 3 is 2.69 bits per heavy atom. The van der Waals surface area contributed by atoms with Gasteiger partial charge < -0.3 is 25.0 Å². The summed E-state index contributed by atoms with van der Waals surface area (Å²) in [5, 5.41) is 21.7. The second-order valence-electron chi connectivity index (χ2n) is 6.79. The second kappa shape index (κ2) is 9.59. The van der Waals surface area contributed by atoms with Crippen LogP contribution in [0, 0.1) is 17.8 Å². The van der Waals surface area contributed by atoms with Gasteiger partial charge in [0.2, 0.25) is 6.29 Å². The summed E-state index contributed by atoms with van der Waals surface area (Å²) in [7, 11) is 0. The number of amides is 1. The quantitative estimate of drug-likeness (QED) is 0.617. The number of anilines is 1. The number of hydrogen-bond acceptors (Lipinski definition) is 5. The summed E-state index contributed by atoms with van der Waals surface area (Å²) in [6, 6.07) is 6.56. The number of carbonyl (C=O) groups is 1. The van der Waals surface area contributed by atoms with Gasteiger partial charge in [-0.2, -0.15) is 0 Å². The van der Waals surface area contributed by atoms with Gasteiger partial charge in [0.15, 0.2) is 5.76 Å². The Morgan fingerprint density at radius 2 is 2.08 bits per heavy atom. The number of aliphatic hydroxyl groups is 1. The second-order valence-corrected chi connectivity index (χ2v) is 6.79. The summed E-state index contributed by atoms with van der Waals surface area (Å²) >= 11 is 0. The predicted octanol–water partition coefficient (Wildman–Crippen LogP) is 3.27. The predicted molar refractivity (Wildman–Crippen MR) is 99.5 cm³/mol. The number of phenols is 1. The SMILES string of the molecule is CCO[C@H]1OC(C(=O)Nc2ccccc2O)=C[C@@H](C(C)C)[C@@H]1CCCO. The van der Waals surface area contributed by atoms with E-state index in [9.17, 15) is 15.0 Å². The van der Waals surface area contributed by atoms with Gasteiger partial charge in [-0.3, -0.25) is 4.79 Å². The molecule has 1 aromatic rings. The molecule has 1 aromatic carbocycles. The minimum absolute atomic E-state index is 0.000139. The third-order valence-electron chi connectivity index (χ3n) is 4.60. The zero-order valence-electron chi connectivity index (χ0n) is 15.6. The molecule has 1 aliphatic heterocycles. The number of allylic oxidation sites excluding steroid dienone is 1. The minimum Gasteiger partial charge on any atom is -0.506 e. The number of ether oxygens (including phenoxy) is 2. The van der Waals surface area contributed by atoms with Crippen molar-refractivity contribution in [2.45, 2.75) is 39.9 Å². The van der Waals surface area contributed by atoms with Crippen molar-refractivity contribution in [3.05, 3.63) is 36.1 Å². The Balaban J connectivity index is 2.23. The van der Waals surface area contributed by atoms with Gasteiger partial charge in [0, 0.05) is 19.1 Å². The maximum Gasteiger partial charge on any atom is 0.290 e. The van der Waals surface area contributed by atoms with Crippen LogP contribution in [0.2, 0.25) is 0 Å². The molecule has 3 atom stereocenters. The van der Waals surface area contributed by atoms with Crippen LogP contribution in [0.1, 0.15) is 33.6 Å². The van der Waals surface area contributed by atoms with E-state index in [0.29, 0.717) is 24.6 Å². The molecule has 0 saturated heterocycles. The number of para-hydroxylation sites is 2. The van der Waals surface area contributed by atoms with E-state index in [-0.39, 0.29) is 30.0 Å². The average molecular weight is 363 g/mol. The highest BCUT2D eigenvalue weighted by Crippen LogP contribution is 2.37. The zero-order valence-corrected chi connectivity index (χ0v) is 15.6. The van der Waals surface area contributed by atoms with Gasteiger partial charge in [-0.1, -0.05) is 26.0 Å². The third-order valence-corrected chi connectivity index (χ3v) is 4.60. The molecule has 1 aliphatic rings. The Hall–Kier alpha value is -2.05. The lowest BCUT2D eigenvalue weighted by Crippen LogP contribution is -2.40. The molecule has 0 radical (unpaired) electrons. The Labute approximate surface area is 154 Å². The summed E-state index contributed by atoms with van der Waals surface area (Å²) in [6.07, 6.45) is 2.73. The molecular formula is C20H29NO5. The highest BCUT2D eigenvalue weighted by Gasteiger charge is 2.38. The number of phenolic OH excluding ortho intramolecular Hbond substituents is 1. The first kappa shape index (κ1) is 20.3. The van der Waals surface area contributed by atoms with Gasteiger partial charge in [-0.25, -0.2) is 0 Å². The third kappa shape index (κ3) is 4.99. The highest BCUT2D eigenvalue weighted by atomic mass is 16.7. The fourth-order valence-electron chi connectivity index (χ4n) is 3.29. The fourth-order valence-corrected chi connectivity index (χ4v) is 3.29. The number of aliphatic hydroxyl groups excluding tert-OH is 1. The number of aromatic hydroxyl groups is 1. The first-order chi connectivity index (χ1) is 12.5. The van der Waals surface area contributed by atoms with E-state index in [4.69, 9.17) is 9.47 Å². The lowest BCUT2D eigenvalue weighted by molar-refractivity contribution is -0.173. The molecule has 0 fully saturated rings. The molecule has 2 rings (SSSR count). The van der Waals surface area contributed by atoms with Gasteiger partial charge in [0.25, 0.3) is 5.91 Å². The number of carbonyl (C=O) groups excluding carboxylic acids is 1. The smallest absolute Gasteiger partial charge is 0.290 e. The molecule has 3 N–H and O–H groups in total. The van der Waals surface area contributed by atoms with Crippen LogP contribution in [0.5, 0.6) is 5.75 Å². The van der Waals surface area contributed by atoms with Crippen LogP contribution in [-0.2, 0) is 14.3 Å². The largest absolute Gasteiger partial charge is 0.506 e. The van der Waals surface area contributed by atoms with Gasteiger partial charge in [0.05, 0.1) is 5.69 Å². The summed E-state index contributed by atoms with van der Waals surface area (Å²) in [5.41, 5.74) is 0.332. The molecular weight excluding hydrogens is 334 g/mol. The zero-order chi connectivity index (χ0) is 19.1. The Kier molecular flexibility index (Phi) is 7.48. The molecule has 6 heteroatoms. The van der Waals surface area contributed by atoms with E-state index < -0.39 is 12.2 Å². The summed E-state index contributed by atoms with van der Waals surface area (Å²) in [6.45, 7) is 6.67. The van der Waals surface area contributed by atoms with Crippen molar-refractivity contribution < 1.29 is 24.5 Å². The Bertz CT molecular complexity index is 628. The van der Waals surface area contributed by atoms with Crippen molar-refractivity contribution in [3.8, 4) is 5.75 Å². The van der Waals surface area contributed by atoms with Crippen LogP contribution in [0.3, 0.4) is 0 Å². The van der Waals surface area contributed by atoms with Gasteiger partial charge in [-0.05, 0) is 49.8 Å². The van der Waals surface area contributed by atoms with E-state index in [1.165, 1.54) is 6.07 Å². The molecule has 0 aromatic heterocycles. The maximum absolute atomic E-state index is 12.6. The van der Waals surface area contributed by atoms with Crippen molar-refractivity contribution >= 4 is 11.6 Å². The molecule has 6 nitrogen and oxygen atoms in total. The van der Waals surface area contributed by atoms with Crippen molar-refractivity contribution in [3.63, 3.8) is 0 Å². The van der Waals surface area contributed by atoms with Gasteiger partial charge in [-0.15, -0.1) is 0 Å². The number of benzene rings is 1. The van der Waals surface area contributed by atoms with Crippen molar-refractivity contribution in [1.82, 2.24) is 0 Å². The fraction of sp³-hybridized carbons (Fsp3) is 0.550. The van der Waals surface area contributed by atoms with Crippen LogP contribution in [0.4, 0.5) is 5.69 Å². The van der Waals surface area contributed by atoms with Crippen LogP contribution in [0.25, 0.3) is 0 Å². The van der Waals surface area contributed by atoms with E-state index in [0.717, 1.165) is 6.42 Å². The standard InChI is InChI=1S/C20H29NO5/c1-4-25-20-14(8-7-11-22)15(13(2)3)12-18(26-20)19(24)21-16-9-5-6-10-17(16)23/h5-6,9-10,12-15,20,22-23H,4,7-8,11H2,1-3H3,(H,21,24)/t14-,15-,20-/m0/s1. The minimum atomic E-state index is -0.533. The first-order valence-corrected chi connectivity index (χ1v) is 9.18. The molecule has 0 bridgehead atoms. The van der Waals surface area contributed by atoms with Crippen molar-refractivity contribution in [1.29, 1.82) is 0 Å². The number of hydrogen-bond donors (Lipinski definition) is 3. The first-order valence-electron chi connectivity index (χ1n) is 9.18. The van der Waals surface area contributed by atoms with Gasteiger partial charge in [0.1, 0.15) is 5.75 Å². The normalized spacial score (nSPS) is 22.7. The van der Waals surface area contributed by atoms with E-state index in [1.807, 2.05) is 13.0 Å². The monoisotopic (exact) mass is 363 g/mol. The van der Waals surface area contributed by atoms with Crippen molar-refractivity contribution in [2.24, 2.45) is 17.8 Å². The van der Waals surface area contributed by atoms with Crippen LogP contribution < -0.4 is 5.32 Å². The van der Waals surface area contributed by atoms with Crippen LogP contribution >= 0.6 is 0 Å². The molecule has 1 heterocycles. The molecule has 0 spiro atoms. The molecule has 1 amide bonds. The lowest BCUT2D eigenvalue weighted by atomic mass is 9.78. The maximum atomic E-state index is 12.6. The summed E-state index contributed by atoms with van der Waals surface area (Å²) in [5.74, 6) is 0.243. The van der Waals surface area contributed by atoms with E-state index in [2.05, 4.69) is 19.2 Å². The lowest BCUT2D eigenvalue weighted by Gasteiger charge is -2.38. The molecule has 0 aliphatic carbocycles.